The van der Waals surface area contributed by atoms with Crippen molar-refractivity contribution in [2.45, 2.75) is 79.6 Å². The molecule has 0 heterocycles. The average molecular weight is 274 g/mol. The van der Waals surface area contributed by atoms with Gasteiger partial charge in [-0.2, -0.15) is 0 Å². The van der Waals surface area contributed by atoms with E-state index in [1.54, 1.807) is 25.7 Å². The van der Waals surface area contributed by atoms with E-state index < -0.39 is 0 Å². The third kappa shape index (κ3) is 1.49. The van der Waals surface area contributed by atoms with Gasteiger partial charge in [0.15, 0.2) is 0 Å². The molecule has 0 amide bonds. The minimum absolute atomic E-state index is 0.609. The smallest absolute Gasteiger partial charge is 0.0227 e. The third-order valence-corrected chi connectivity index (χ3v) is 8.56. The van der Waals surface area contributed by atoms with Crippen LogP contribution in [0.15, 0.2) is 0 Å². The van der Waals surface area contributed by atoms with E-state index in [-0.39, 0.29) is 0 Å². The van der Waals surface area contributed by atoms with Crippen LogP contribution in [0.4, 0.5) is 0 Å². The first kappa shape index (κ1) is 13.6. The molecule has 0 saturated heterocycles. The zero-order valence-electron chi connectivity index (χ0n) is 14.3. The van der Waals surface area contributed by atoms with Crippen LogP contribution in [0.25, 0.3) is 0 Å². The number of rotatable bonds is 0. The standard InChI is InChI=1S/C20H34/c1-13-6-7-15-14(2)10-16-17-18(3,4)8-9-19(17,5)12-20(15,16)11-13/h13-17H,6-12H2,1-5H3/t13?,14?,15-,16+,17-,19-,20+/m1/s1. The Hall–Kier alpha value is 0. The third-order valence-electron chi connectivity index (χ3n) is 8.56. The van der Waals surface area contributed by atoms with Gasteiger partial charge in [0, 0.05) is 0 Å². The van der Waals surface area contributed by atoms with Crippen LogP contribution in [0.2, 0.25) is 0 Å². The fourth-order valence-electron chi connectivity index (χ4n) is 8.38. The SMILES string of the molecule is CC1CC[C@@H]2C(C)C[C@H]3[C@@H]4C(C)(C)CC[C@]4(C)C[C@@]23C1. The fourth-order valence-corrected chi connectivity index (χ4v) is 8.38. The first-order valence-electron chi connectivity index (χ1n) is 9.29. The van der Waals surface area contributed by atoms with E-state index in [1.165, 1.54) is 19.3 Å². The Bertz CT molecular complexity index is 422. The molecule has 0 nitrogen and oxygen atoms in total. The summed E-state index contributed by atoms with van der Waals surface area (Å²) in [6.45, 7) is 13.0. The molecule has 1 spiro atoms. The molecule has 0 N–H and O–H groups in total. The Kier molecular flexibility index (Phi) is 2.63. The van der Waals surface area contributed by atoms with Gasteiger partial charge in [-0.25, -0.2) is 0 Å². The summed E-state index contributed by atoms with van der Waals surface area (Å²) in [7, 11) is 0. The van der Waals surface area contributed by atoms with Gasteiger partial charge in [-0.15, -0.1) is 0 Å². The van der Waals surface area contributed by atoms with Crippen molar-refractivity contribution in [3.63, 3.8) is 0 Å². The molecule has 0 bridgehead atoms. The molecule has 114 valence electrons. The summed E-state index contributed by atoms with van der Waals surface area (Å²) in [5.41, 5.74) is 2.05. The summed E-state index contributed by atoms with van der Waals surface area (Å²) >= 11 is 0. The van der Waals surface area contributed by atoms with Gasteiger partial charge in [-0.05, 0) is 84.4 Å². The number of hydrogen-bond donors (Lipinski definition) is 0. The van der Waals surface area contributed by atoms with Crippen molar-refractivity contribution in [3.05, 3.63) is 0 Å². The van der Waals surface area contributed by atoms with Gasteiger partial charge in [0.1, 0.15) is 0 Å². The van der Waals surface area contributed by atoms with Crippen molar-refractivity contribution in [1.29, 1.82) is 0 Å². The van der Waals surface area contributed by atoms with Crippen molar-refractivity contribution in [1.82, 2.24) is 0 Å². The van der Waals surface area contributed by atoms with E-state index >= 15 is 0 Å². The van der Waals surface area contributed by atoms with Crippen molar-refractivity contribution >= 4 is 0 Å². The van der Waals surface area contributed by atoms with Crippen molar-refractivity contribution in [2.75, 3.05) is 0 Å². The van der Waals surface area contributed by atoms with E-state index in [9.17, 15) is 0 Å². The lowest BCUT2D eigenvalue weighted by molar-refractivity contribution is 0.0341. The van der Waals surface area contributed by atoms with Crippen LogP contribution in [-0.2, 0) is 0 Å². The summed E-state index contributed by atoms with van der Waals surface area (Å²) < 4.78 is 0. The maximum absolute atomic E-state index is 2.67. The molecule has 0 aromatic rings. The molecule has 0 aliphatic heterocycles. The second-order valence-corrected chi connectivity index (χ2v) is 10.3. The molecule has 7 atom stereocenters. The minimum atomic E-state index is 0.609. The van der Waals surface area contributed by atoms with E-state index in [2.05, 4.69) is 34.6 Å². The quantitative estimate of drug-likeness (QED) is 0.515. The summed E-state index contributed by atoms with van der Waals surface area (Å²) in [6.07, 6.45) is 10.7. The summed E-state index contributed by atoms with van der Waals surface area (Å²) in [5, 5.41) is 0. The topological polar surface area (TPSA) is 0 Å². The largest absolute Gasteiger partial charge is 0.0625 e. The normalized spacial score (nSPS) is 60.1. The van der Waals surface area contributed by atoms with Crippen LogP contribution in [0.3, 0.4) is 0 Å². The Morgan fingerprint density at radius 2 is 1.65 bits per heavy atom. The molecule has 2 unspecified atom stereocenters. The lowest BCUT2D eigenvalue weighted by Crippen LogP contribution is -2.38. The number of hydrogen-bond acceptors (Lipinski definition) is 0. The summed E-state index contributed by atoms with van der Waals surface area (Å²) in [5.74, 6) is 5.15. The van der Waals surface area contributed by atoms with Crippen molar-refractivity contribution in [3.8, 4) is 0 Å². The molecule has 20 heavy (non-hydrogen) atoms. The van der Waals surface area contributed by atoms with Crippen LogP contribution in [0.1, 0.15) is 79.6 Å². The van der Waals surface area contributed by atoms with Gasteiger partial charge in [0.25, 0.3) is 0 Å². The highest BCUT2D eigenvalue weighted by atomic mass is 14.7. The zero-order valence-corrected chi connectivity index (χ0v) is 14.3. The highest BCUT2D eigenvalue weighted by molar-refractivity contribution is 5.19. The van der Waals surface area contributed by atoms with Crippen molar-refractivity contribution in [2.24, 2.45) is 45.8 Å². The second-order valence-electron chi connectivity index (χ2n) is 10.3. The molecule has 4 aliphatic rings. The minimum Gasteiger partial charge on any atom is -0.0625 e. The van der Waals surface area contributed by atoms with Crippen LogP contribution in [-0.4, -0.2) is 0 Å². The monoisotopic (exact) mass is 274 g/mol. The molecule has 0 radical (unpaired) electrons. The van der Waals surface area contributed by atoms with E-state index in [1.807, 2.05) is 0 Å². The lowest BCUT2D eigenvalue weighted by atomic mass is 9.59. The average Bonchev–Trinajstić information content (AvgIpc) is 2.80. The van der Waals surface area contributed by atoms with Gasteiger partial charge < -0.3 is 0 Å². The number of fused-ring (bicyclic) bond motifs is 2. The van der Waals surface area contributed by atoms with Gasteiger partial charge in [-0.3, -0.25) is 0 Å². The van der Waals surface area contributed by atoms with Gasteiger partial charge >= 0.3 is 0 Å². The first-order valence-corrected chi connectivity index (χ1v) is 9.29. The highest BCUT2D eigenvalue weighted by Crippen LogP contribution is 2.77. The molecule has 4 aliphatic carbocycles. The predicted molar refractivity (Wildman–Crippen MR) is 85.4 cm³/mol. The van der Waals surface area contributed by atoms with E-state index in [0.717, 1.165) is 35.0 Å². The fraction of sp³-hybridized carbons (Fsp3) is 1.00. The Morgan fingerprint density at radius 1 is 0.900 bits per heavy atom. The van der Waals surface area contributed by atoms with Gasteiger partial charge in [-0.1, -0.05) is 41.0 Å². The molecule has 4 fully saturated rings. The van der Waals surface area contributed by atoms with Crippen LogP contribution < -0.4 is 0 Å². The molecular formula is C20H34. The lowest BCUT2D eigenvalue weighted by Gasteiger charge is -2.46. The molecular weight excluding hydrogens is 240 g/mol. The second kappa shape index (κ2) is 3.85. The van der Waals surface area contributed by atoms with Crippen LogP contribution >= 0.6 is 0 Å². The van der Waals surface area contributed by atoms with Gasteiger partial charge in [0.05, 0.1) is 0 Å². The summed E-state index contributed by atoms with van der Waals surface area (Å²) in [6, 6.07) is 0. The highest BCUT2D eigenvalue weighted by Gasteiger charge is 2.70. The molecule has 4 saturated carbocycles. The molecule has 0 aromatic carbocycles. The van der Waals surface area contributed by atoms with E-state index in [0.29, 0.717) is 10.8 Å². The maximum atomic E-state index is 2.67. The first-order chi connectivity index (χ1) is 9.29. The molecule has 0 heteroatoms. The predicted octanol–water partition coefficient (Wildman–Crippen LogP) is 5.91. The van der Waals surface area contributed by atoms with E-state index in [4.69, 9.17) is 0 Å². The van der Waals surface area contributed by atoms with Crippen LogP contribution in [0, 0.1) is 45.8 Å². The summed E-state index contributed by atoms with van der Waals surface area (Å²) in [4.78, 5) is 0. The Labute approximate surface area is 126 Å². The van der Waals surface area contributed by atoms with Crippen molar-refractivity contribution < 1.29 is 0 Å². The Morgan fingerprint density at radius 3 is 2.40 bits per heavy atom. The van der Waals surface area contributed by atoms with Crippen LogP contribution in [0.5, 0.6) is 0 Å². The molecule has 4 rings (SSSR count). The molecule has 0 aromatic heterocycles. The Balaban J connectivity index is 1.78. The zero-order chi connectivity index (χ0) is 14.3. The van der Waals surface area contributed by atoms with Gasteiger partial charge in [0.2, 0.25) is 0 Å². The maximum Gasteiger partial charge on any atom is -0.0227 e.